The van der Waals surface area contributed by atoms with Crippen LogP contribution < -0.4 is 9.47 Å². The van der Waals surface area contributed by atoms with Crippen molar-refractivity contribution in [3.63, 3.8) is 0 Å². The minimum atomic E-state index is 0.173. The predicted molar refractivity (Wildman–Crippen MR) is 121 cm³/mol. The molecule has 0 saturated heterocycles. The molecule has 0 unspecified atom stereocenters. The molecular weight excluding hydrogens is 435 g/mol. The van der Waals surface area contributed by atoms with Gasteiger partial charge in [0.15, 0.2) is 6.61 Å². The molecule has 0 saturated carbocycles. The second kappa shape index (κ2) is 9.41. The summed E-state index contributed by atoms with van der Waals surface area (Å²) >= 11 is 12.4. The molecule has 4 aromatic rings. The first-order chi connectivity index (χ1) is 15.0. The van der Waals surface area contributed by atoms with Crippen LogP contribution in [0.2, 0.25) is 10.0 Å². The molecular formula is C24H20Cl2N2O3. The number of nitrogens with zero attached hydrogens (tertiary/aromatic N) is 2. The normalized spacial score (nSPS) is 10.8. The number of rotatable bonds is 7. The van der Waals surface area contributed by atoms with E-state index in [1.165, 1.54) is 0 Å². The SMILES string of the molecule is Cc1cc(OCc2nc(-c3ccc(OCc4ccccc4Cl)cc3)no2)cc(C)c1Cl. The van der Waals surface area contributed by atoms with Crippen LogP contribution >= 0.6 is 23.2 Å². The lowest BCUT2D eigenvalue weighted by Gasteiger charge is -2.08. The first kappa shape index (κ1) is 21.2. The Morgan fingerprint density at radius 2 is 1.52 bits per heavy atom. The maximum Gasteiger partial charge on any atom is 0.264 e. The van der Waals surface area contributed by atoms with E-state index in [9.17, 15) is 0 Å². The monoisotopic (exact) mass is 454 g/mol. The third-order valence-corrected chi connectivity index (χ3v) is 5.67. The standard InChI is InChI=1S/C24H20Cl2N2O3/c1-15-11-20(12-16(2)23(15)26)30-14-22-27-24(28-31-22)17-7-9-19(10-8-17)29-13-18-5-3-4-6-21(18)25/h3-12H,13-14H2,1-2H3. The Morgan fingerprint density at radius 1 is 0.839 bits per heavy atom. The summed E-state index contributed by atoms with van der Waals surface area (Å²) in [6, 6.07) is 18.8. The molecule has 0 bridgehead atoms. The lowest BCUT2D eigenvalue weighted by Crippen LogP contribution is -1.97. The zero-order chi connectivity index (χ0) is 21.8. The third-order valence-electron chi connectivity index (χ3n) is 4.71. The quantitative estimate of drug-likeness (QED) is 0.306. The molecule has 5 nitrogen and oxygen atoms in total. The molecule has 7 heteroatoms. The van der Waals surface area contributed by atoms with Gasteiger partial charge < -0.3 is 14.0 Å². The lowest BCUT2D eigenvalue weighted by molar-refractivity contribution is 0.242. The smallest absolute Gasteiger partial charge is 0.264 e. The number of halogens is 2. The number of hydrogen-bond donors (Lipinski definition) is 0. The van der Waals surface area contributed by atoms with Gasteiger partial charge in [0.1, 0.15) is 18.1 Å². The average molecular weight is 455 g/mol. The lowest BCUT2D eigenvalue weighted by atomic mass is 10.1. The molecule has 1 aromatic heterocycles. The van der Waals surface area contributed by atoms with Gasteiger partial charge >= 0.3 is 0 Å². The summed E-state index contributed by atoms with van der Waals surface area (Å²) in [6.45, 7) is 4.45. The summed E-state index contributed by atoms with van der Waals surface area (Å²) in [5.41, 5.74) is 3.67. The van der Waals surface area contributed by atoms with Crippen LogP contribution in [-0.4, -0.2) is 10.1 Å². The highest BCUT2D eigenvalue weighted by Gasteiger charge is 2.11. The third kappa shape index (κ3) is 5.19. The van der Waals surface area contributed by atoms with Crippen molar-refractivity contribution in [2.45, 2.75) is 27.1 Å². The van der Waals surface area contributed by atoms with E-state index in [4.69, 9.17) is 37.2 Å². The maximum atomic E-state index is 6.20. The van der Waals surface area contributed by atoms with Gasteiger partial charge in [0, 0.05) is 21.2 Å². The van der Waals surface area contributed by atoms with Crippen LogP contribution in [0.4, 0.5) is 0 Å². The average Bonchev–Trinajstić information content (AvgIpc) is 3.25. The molecule has 3 aromatic carbocycles. The fourth-order valence-electron chi connectivity index (χ4n) is 3.04. The van der Waals surface area contributed by atoms with Gasteiger partial charge in [-0.05, 0) is 67.4 Å². The van der Waals surface area contributed by atoms with Gasteiger partial charge in [0.2, 0.25) is 5.82 Å². The van der Waals surface area contributed by atoms with Gasteiger partial charge in [0.05, 0.1) is 0 Å². The van der Waals surface area contributed by atoms with Crippen LogP contribution in [0, 0.1) is 13.8 Å². The topological polar surface area (TPSA) is 57.4 Å². The van der Waals surface area contributed by atoms with Crippen molar-refractivity contribution in [1.82, 2.24) is 10.1 Å². The highest BCUT2D eigenvalue weighted by Crippen LogP contribution is 2.27. The summed E-state index contributed by atoms with van der Waals surface area (Å²) in [6.07, 6.45) is 0. The van der Waals surface area contributed by atoms with Gasteiger partial charge in [-0.1, -0.05) is 46.6 Å². The molecule has 1 heterocycles. The number of ether oxygens (including phenoxy) is 2. The molecule has 0 aliphatic heterocycles. The number of benzene rings is 3. The van der Waals surface area contributed by atoms with Crippen molar-refractivity contribution in [1.29, 1.82) is 0 Å². The minimum Gasteiger partial charge on any atom is -0.489 e. The molecule has 0 aliphatic carbocycles. The summed E-state index contributed by atoms with van der Waals surface area (Å²) in [5, 5.41) is 5.46. The summed E-state index contributed by atoms with van der Waals surface area (Å²) in [4.78, 5) is 4.41. The van der Waals surface area contributed by atoms with Gasteiger partial charge in [-0.2, -0.15) is 4.98 Å². The van der Waals surface area contributed by atoms with Crippen LogP contribution in [0.25, 0.3) is 11.4 Å². The molecule has 158 valence electrons. The summed E-state index contributed by atoms with van der Waals surface area (Å²) in [5.74, 6) is 2.31. The number of aromatic nitrogens is 2. The summed E-state index contributed by atoms with van der Waals surface area (Å²) < 4.78 is 16.9. The van der Waals surface area contributed by atoms with Crippen molar-refractivity contribution in [2.24, 2.45) is 0 Å². The van der Waals surface area contributed by atoms with Gasteiger partial charge in [0.25, 0.3) is 5.89 Å². The van der Waals surface area contributed by atoms with E-state index in [0.717, 1.165) is 33.0 Å². The van der Waals surface area contributed by atoms with Crippen LogP contribution in [-0.2, 0) is 13.2 Å². The first-order valence-electron chi connectivity index (χ1n) is 9.68. The van der Waals surface area contributed by atoms with Crippen LogP contribution in [0.5, 0.6) is 11.5 Å². The second-order valence-electron chi connectivity index (χ2n) is 7.08. The number of hydrogen-bond acceptors (Lipinski definition) is 5. The van der Waals surface area contributed by atoms with E-state index in [1.807, 2.05) is 74.5 Å². The largest absolute Gasteiger partial charge is 0.489 e. The Hall–Kier alpha value is -3.02. The van der Waals surface area contributed by atoms with E-state index in [1.54, 1.807) is 0 Å². The van der Waals surface area contributed by atoms with E-state index >= 15 is 0 Å². The van der Waals surface area contributed by atoms with Crippen molar-refractivity contribution in [3.8, 4) is 22.9 Å². The molecule has 0 amide bonds. The van der Waals surface area contributed by atoms with Crippen LogP contribution in [0.15, 0.2) is 65.2 Å². The minimum absolute atomic E-state index is 0.173. The molecule has 31 heavy (non-hydrogen) atoms. The second-order valence-corrected chi connectivity index (χ2v) is 7.86. The zero-order valence-electron chi connectivity index (χ0n) is 17.1. The molecule has 0 aliphatic rings. The van der Waals surface area contributed by atoms with Crippen molar-refractivity contribution in [3.05, 3.63) is 93.3 Å². The Kier molecular flexibility index (Phi) is 6.44. The van der Waals surface area contributed by atoms with Crippen molar-refractivity contribution < 1.29 is 14.0 Å². The van der Waals surface area contributed by atoms with Crippen LogP contribution in [0.1, 0.15) is 22.6 Å². The first-order valence-corrected chi connectivity index (χ1v) is 10.4. The molecule has 4 rings (SSSR count). The molecule has 0 atom stereocenters. The molecule has 0 radical (unpaired) electrons. The zero-order valence-corrected chi connectivity index (χ0v) is 18.6. The fourth-order valence-corrected chi connectivity index (χ4v) is 3.34. The van der Waals surface area contributed by atoms with Crippen molar-refractivity contribution in [2.75, 3.05) is 0 Å². The fraction of sp³-hybridized carbons (Fsp3) is 0.167. The highest BCUT2D eigenvalue weighted by molar-refractivity contribution is 6.32. The Balaban J connectivity index is 1.37. The van der Waals surface area contributed by atoms with E-state index in [0.29, 0.717) is 29.1 Å². The Bertz CT molecular complexity index is 1170. The highest BCUT2D eigenvalue weighted by atomic mass is 35.5. The maximum absolute atomic E-state index is 6.20. The Labute approximate surface area is 190 Å². The predicted octanol–water partition coefficient (Wildman–Crippen LogP) is 6.82. The van der Waals surface area contributed by atoms with Crippen LogP contribution in [0.3, 0.4) is 0 Å². The molecule has 0 N–H and O–H groups in total. The summed E-state index contributed by atoms with van der Waals surface area (Å²) in [7, 11) is 0. The van der Waals surface area contributed by atoms with E-state index in [2.05, 4.69) is 10.1 Å². The molecule has 0 spiro atoms. The molecule has 0 fully saturated rings. The van der Waals surface area contributed by atoms with E-state index < -0.39 is 0 Å². The Morgan fingerprint density at radius 3 is 2.23 bits per heavy atom. The number of aryl methyl sites for hydroxylation is 2. The van der Waals surface area contributed by atoms with E-state index in [-0.39, 0.29) is 6.61 Å². The van der Waals surface area contributed by atoms with Gasteiger partial charge in [-0.15, -0.1) is 0 Å². The van der Waals surface area contributed by atoms with Gasteiger partial charge in [-0.25, -0.2) is 0 Å². The van der Waals surface area contributed by atoms with Gasteiger partial charge in [-0.3, -0.25) is 0 Å². The van der Waals surface area contributed by atoms with Crippen molar-refractivity contribution >= 4 is 23.2 Å².